The summed E-state index contributed by atoms with van der Waals surface area (Å²) in [5, 5.41) is 0. The first kappa shape index (κ1) is 22.4. The van der Waals surface area contributed by atoms with E-state index in [1.807, 2.05) is 12.8 Å². The van der Waals surface area contributed by atoms with Gasteiger partial charge in [0.05, 0.1) is 0 Å². The van der Waals surface area contributed by atoms with Crippen LogP contribution in [0.15, 0.2) is 0 Å². The van der Waals surface area contributed by atoms with E-state index >= 15 is 0 Å². The average molecular weight is 319 g/mol. The fourth-order valence-corrected chi connectivity index (χ4v) is 0.470. The molecule has 65 valence electrons. The van der Waals surface area contributed by atoms with Crippen molar-refractivity contribution in [2.45, 2.75) is 6.92 Å². The summed E-state index contributed by atoms with van der Waals surface area (Å²) >= 11 is 0. The summed E-state index contributed by atoms with van der Waals surface area (Å²) in [6.07, 6.45) is 8.24. The molecule has 0 bridgehead atoms. The van der Waals surface area contributed by atoms with E-state index in [0.717, 1.165) is 0 Å². The standard InChI is InChI=1S/C6H7.3CH3.Pt/c1-6-4-2-3-5-6;;;;/h2-5H,1H3;3*1H3;/q;3*-1;. The summed E-state index contributed by atoms with van der Waals surface area (Å²) in [5.41, 5.74) is 0. The third-order valence-corrected chi connectivity index (χ3v) is 0.829. The smallest absolute Gasteiger partial charge is 0 e. The molecule has 1 rings (SSSR count). The molecular formula is C9H16Pt-3. The molecule has 0 unspecified atom stereocenters. The van der Waals surface area contributed by atoms with Gasteiger partial charge in [-0.1, -0.05) is 6.92 Å². The molecule has 1 heteroatoms. The zero-order valence-corrected chi connectivity index (χ0v) is 9.40. The maximum atomic E-state index is 2.08. The van der Waals surface area contributed by atoms with Gasteiger partial charge < -0.3 is 22.3 Å². The van der Waals surface area contributed by atoms with E-state index in [4.69, 9.17) is 0 Å². The van der Waals surface area contributed by atoms with E-state index in [2.05, 4.69) is 19.8 Å². The summed E-state index contributed by atoms with van der Waals surface area (Å²) in [6, 6.07) is 0. The van der Waals surface area contributed by atoms with Gasteiger partial charge in [0, 0.05) is 21.1 Å². The van der Waals surface area contributed by atoms with E-state index in [9.17, 15) is 0 Å². The van der Waals surface area contributed by atoms with Gasteiger partial charge in [-0.05, 0) is 31.6 Å². The van der Waals surface area contributed by atoms with Crippen molar-refractivity contribution in [1.29, 1.82) is 0 Å². The molecule has 5 radical (unpaired) electrons. The largest absolute Gasteiger partial charge is 0.358 e. The summed E-state index contributed by atoms with van der Waals surface area (Å²) in [4.78, 5) is 0. The minimum absolute atomic E-state index is 0. The molecule has 10 heavy (non-hydrogen) atoms. The SMILES string of the molecule is C[C]1[CH][CH][CH][CH]1.[CH3-].[CH3-].[CH3-].[Pt]. The summed E-state index contributed by atoms with van der Waals surface area (Å²) < 4.78 is 0. The molecule has 1 aliphatic rings. The number of rotatable bonds is 0. The van der Waals surface area contributed by atoms with Gasteiger partial charge in [0.25, 0.3) is 0 Å². The van der Waals surface area contributed by atoms with Crippen molar-refractivity contribution in [2.24, 2.45) is 0 Å². The molecule has 0 heterocycles. The van der Waals surface area contributed by atoms with Gasteiger partial charge in [0.1, 0.15) is 0 Å². The Kier molecular flexibility index (Phi) is 27.7. The first-order chi connectivity index (χ1) is 2.89. The van der Waals surface area contributed by atoms with Gasteiger partial charge in [-0.15, -0.1) is 0 Å². The van der Waals surface area contributed by atoms with Crippen LogP contribution in [0.25, 0.3) is 0 Å². The van der Waals surface area contributed by atoms with E-state index < -0.39 is 0 Å². The third-order valence-electron chi connectivity index (χ3n) is 0.829. The van der Waals surface area contributed by atoms with Gasteiger partial charge in [0.2, 0.25) is 0 Å². The zero-order chi connectivity index (χ0) is 4.41. The summed E-state index contributed by atoms with van der Waals surface area (Å²) in [6.45, 7) is 2.08. The van der Waals surface area contributed by atoms with Gasteiger partial charge in [0.15, 0.2) is 0 Å². The topological polar surface area (TPSA) is 0 Å². The molecule has 0 nitrogen and oxygen atoms in total. The van der Waals surface area contributed by atoms with Crippen LogP contribution in [-0.2, 0) is 21.1 Å². The van der Waals surface area contributed by atoms with Gasteiger partial charge in [-0.3, -0.25) is 0 Å². The third kappa shape index (κ3) is 8.69. The van der Waals surface area contributed by atoms with Crippen molar-refractivity contribution >= 4 is 0 Å². The molecular weight excluding hydrogens is 303 g/mol. The van der Waals surface area contributed by atoms with Crippen molar-refractivity contribution in [3.8, 4) is 0 Å². The van der Waals surface area contributed by atoms with Crippen LogP contribution < -0.4 is 0 Å². The Morgan fingerprint density at radius 3 is 1.30 bits per heavy atom. The predicted octanol–water partition coefficient (Wildman–Crippen LogP) is 2.76. The normalized spacial score (nSPS) is 15.3. The minimum Gasteiger partial charge on any atom is -0.358 e. The van der Waals surface area contributed by atoms with Crippen LogP contribution in [0.2, 0.25) is 0 Å². The molecule has 1 fully saturated rings. The van der Waals surface area contributed by atoms with Crippen LogP contribution in [0.3, 0.4) is 0 Å². The maximum Gasteiger partial charge on any atom is 0 e. The second kappa shape index (κ2) is 12.4. The van der Waals surface area contributed by atoms with Crippen LogP contribution >= 0.6 is 0 Å². The van der Waals surface area contributed by atoms with E-state index in [0.29, 0.717) is 0 Å². The van der Waals surface area contributed by atoms with E-state index in [1.54, 1.807) is 0 Å². The molecule has 0 aliphatic heterocycles. The fourth-order valence-electron chi connectivity index (χ4n) is 0.470. The Labute approximate surface area is 82.1 Å². The summed E-state index contributed by atoms with van der Waals surface area (Å²) in [5.74, 6) is 1.34. The molecule has 0 N–H and O–H groups in total. The predicted molar refractivity (Wildman–Crippen MR) is 45.4 cm³/mol. The molecule has 1 saturated carbocycles. The molecule has 0 spiro atoms. The van der Waals surface area contributed by atoms with Crippen molar-refractivity contribution in [2.75, 3.05) is 0 Å². The Morgan fingerprint density at radius 1 is 0.900 bits per heavy atom. The molecule has 0 aromatic rings. The van der Waals surface area contributed by atoms with Gasteiger partial charge in [-0.25, -0.2) is 0 Å². The second-order valence-corrected chi connectivity index (χ2v) is 1.46. The van der Waals surface area contributed by atoms with Gasteiger partial charge >= 0.3 is 0 Å². The summed E-state index contributed by atoms with van der Waals surface area (Å²) in [7, 11) is 0. The Balaban J connectivity index is -0.0000000450. The fraction of sp³-hybridized carbons (Fsp3) is 0.111. The number of hydrogen-bond donors (Lipinski definition) is 0. The van der Waals surface area contributed by atoms with Crippen LogP contribution in [0, 0.1) is 53.9 Å². The Hall–Kier alpha value is 0.688. The van der Waals surface area contributed by atoms with E-state index in [1.165, 1.54) is 5.92 Å². The van der Waals surface area contributed by atoms with Crippen molar-refractivity contribution < 1.29 is 21.1 Å². The molecule has 0 atom stereocenters. The Bertz CT molecular complexity index is 38.0. The maximum absolute atomic E-state index is 2.08. The average Bonchev–Trinajstić information content (AvgIpc) is 1.86. The molecule has 1 aliphatic carbocycles. The van der Waals surface area contributed by atoms with Crippen molar-refractivity contribution in [3.05, 3.63) is 53.9 Å². The first-order valence-corrected chi connectivity index (χ1v) is 2.08. The van der Waals surface area contributed by atoms with Crippen LogP contribution in [-0.4, -0.2) is 0 Å². The van der Waals surface area contributed by atoms with Crippen LogP contribution in [0.4, 0.5) is 0 Å². The minimum atomic E-state index is 0. The molecule has 0 saturated heterocycles. The molecule has 0 amide bonds. The zero-order valence-electron chi connectivity index (χ0n) is 7.13. The monoisotopic (exact) mass is 319 g/mol. The molecule has 0 aromatic heterocycles. The van der Waals surface area contributed by atoms with Crippen LogP contribution in [0.5, 0.6) is 0 Å². The van der Waals surface area contributed by atoms with Crippen LogP contribution in [0.1, 0.15) is 6.92 Å². The first-order valence-electron chi connectivity index (χ1n) is 2.08. The van der Waals surface area contributed by atoms with Crippen molar-refractivity contribution in [1.82, 2.24) is 0 Å². The second-order valence-electron chi connectivity index (χ2n) is 1.46. The quantitative estimate of drug-likeness (QED) is 0.602. The van der Waals surface area contributed by atoms with Crippen molar-refractivity contribution in [3.63, 3.8) is 0 Å². The van der Waals surface area contributed by atoms with Gasteiger partial charge in [-0.2, -0.15) is 0 Å². The van der Waals surface area contributed by atoms with E-state index in [-0.39, 0.29) is 43.3 Å². The number of hydrogen-bond acceptors (Lipinski definition) is 0. The Morgan fingerprint density at radius 2 is 1.20 bits per heavy atom. The molecule has 0 aromatic carbocycles.